The lowest BCUT2D eigenvalue weighted by atomic mass is 9.77. The fourth-order valence-corrected chi connectivity index (χ4v) is 13.7. The van der Waals surface area contributed by atoms with E-state index in [1.54, 1.807) is 0 Å². The van der Waals surface area contributed by atoms with Gasteiger partial charge in [0.05, 0.1) is 13.2 Å². The molecule has 0 aromatic heterocycles. The third kappa shape index (κ3) is 5.50. The van der Waals surface area contributed by atoms with Crippen molar-refractivity contribution in [2.24, 2.45) is 0 Å². The molecule has 53 heavy (non-hydrogen) atoms. The minimum atomic E-state index is -3.22. The standard InChI is InChI=1S/C24H28N2O23S4/c27-11(9-21(52-3-1-50-9,15(29)48-25(39)40)17(31)5-45-23(37)13(17)43-7-19(23,33)34)47-12(28)10-22(53-4-2-51-10,16(30)49-26(41)42)18(32)6-46-24(38)14(18)44-8-20(24,35)36/h9-10,13-14,31-38H,1-8H2/t9?,10?,13-,14-,17-,18-,21?,22?,23+,24+/m1/s1. The summed E-state index contributed by atoms with van der Waals surface area (Å²) < 4.78 is 19.6. The van der Waals surface area contributed by atoms with Gasteiger partial charge in [0.1, 0.15) is 47.1 Å². The molecule has 0 aromatic rings. The number of hydrogen-bond donors (Lipinski definition) is 8. The lowest BCUT2D eigenvalue weighted by Gasteiger charge is -2.49. The molecule has 10 atom stereocenters. The van der Waals surface area contributed by atoms with Gasteiger partial charge in [0.25, 0.3) is 11.6 Å². The van der Waals surface area contributed by atoms with Gasteiger partial charge in [-0.3, -0.25) is 19.2 Å². The van der Waals surface area contributed by atoms with E-state index < -0.39 is 127 Å². The van der Waals surface area contributed by atoms with E-state index in [9.17, 15) is 80.3 Å². The van der Waals surface area contributed by atoms with Crippen LogP contribution in [0.4, 0.5) is 0 Å². The predicted octanol–water partition coefficient (Wildman–Crippen LogP) is -6.24. The van der Waals surface area contributed by atoms with Gasteiger partial charge in [-0.2, -0.15) is 0 Å². The number of thioether (sulfide) groups is 4. The molecule has 0 saturated carbocycles. The topological polar surface area (TPSA) is 381 Å². The highest BCUT2D eigenvalue weighted by atomic mass is 32.2. The second kappa shape index (κ2) is 13.2. The Morgan fingerprint density at radius 1 is 0.604 bits per heavy atom. The van der Waals surface area contributed by atoms with E-state index >= 15 is 0 Å². The summed E-state index contributed by atoms with van der Waals surface area (Å²) in [4.78, 5) is 86.6. The minimum Gasteiger partial charge on any atom is -0.391 e. The van der Waals surface area contributed by atoms with Crippen LogP contribution in [0.3, 0.4) is 0 Å². The van der Waals surface area contributed by atoms with Crippen LogP contribution in [-0.4, -0.2) is 191 Å². The van der Waals surface area contributed by atoms with E-state index in [2.05, 4.69) is 9.68 Å². The molecule has 6 fully saturated rings. The van der Waals surface area contributed by atoms with E-state index in [-0.39, 0.29) is 23.0 Å². The average Bonchev–Trinajstić information content (AvgIpc) is 3.70. The number of carbonyl (C=O) groups excluding carboxylic acids is 4. The van der Waals surface area contributed by atoms with Crippen LogP contribution >= 0.6 is 47.0 Å². The number of carbonyl (C=O) groups is 4. The van der Waals surface area contributed by atoms with Crippen LogP contribution in [0.1, 0.15) is 0 Å². The highest BCUT2D eigenvalue weighted by molar-refractivity contribution is 8.09. The maximum Gasteiger partial charge on any atom is 0.328 e. The summed E-state index contributed by atoms with van der Waals surface area (Å²) in [6.45, 7) is -4.79. The minimum absolute atomic E-state index is 0.0886. The fourth-order valence-electron chi connectivity index (χ4n) is 7.21. The van der Waals surface area contributed by atoms with Crippen LogP contribution in [-0.2, 0) is 52.5 Å². The number of rotatable bonds is 8. The van der Waals surface area contributed by atoms with Crippen LogP contribution in [0.5, 0.6) is 0 Å². The first-order chi connectivity index (χ1) is 24.5. The molecule has 29 heteroatoms. The zero-order valence-electron chi connectivity index (χ0n) is 26.2. The molecule has 0 aliphatic carbocycles. The summed E-state index contributed by atoms with van der Waals surface area (Å²) in [5.74, 6) is -20.9. The highest BCUT2D eigenvalue weighted by Gasteiger charge is 2.83. The molecule has 0 radical (unpaired) electrons. The molecule has 6 aliphatic rings. The van der Waals surface area contributed by atoms with Crippen molar-refractivity contribution in [2.45, 2.75) is 66.6 Å². The molecule has 8 N–H and O–H groups in total. The summed E-state index contributed by atoms with van der Waals surface area (Å²) >= 11 is 1.63. The number of nitrogens with zero attached hydrogens (tertiary/aromatic N) is 2. The van der Waals surface area contributed by atoms with Crippen molar-refractivity contribution in [1.29, 1.82) is 0 Å². The summed E-state index contributed by atoms with van der Waals surface area (Å²) in [5, 5.41) is 102. The normalized spacial score (nSPS) is 44.0. The lowest BCUT2D eigenvalue weighted by Crippen LogP contribution is -2.73. The first-order valence-corrected chi connectivity index (χ1v) is 18.9. The van der Waals surface area contributed by atoms with Crippen molar-refractivity contribution in [3.63, 3.8) is 0 Å². The molecule has 0 spiro atoms. The van der Waals surface area contributed by atoms with Gasteiger partial charge < -0.3 is 64.5 Å². The van der Waals surface area contributed by atoms with E-state index in [0.29, 0.717) is 47.0 Å². The van der Waals surface area contributed by atoms with Crippen LogP contribution in [0.15, 0.2) is 0 Å². The molecule has 6 rings (SSSR count). The van der Waals surface area contributed by atoms with Crippen LogP contribution in [0.2, 0.25) is 0 Å². The number of fused-ring (bicyclic) bond motifs is 2. The second-order valence-electron chi connectivity index (χ2n) is 12.4. The van der Waals surface area contributed by atoms with Gasteiger partial charge in [-0.25, -0.2) is 9.68 Å². The van der Waals surface area contributed by atoms with Gasteiger partial charge in [0.15, 0.2) is 9.49 Å². The molecular weight excluding hydrogens is 813 g/mol. The van der Waals surface area contributed by atoms with Crippen molar-refractivity contribution in [3.05, 3.63) is 20.2 Å². The SMILES string of the molecule is O=C(OC(=O)C1SCCSC1(C(=O)O[N+](=O)[O-])[C@@]1(O)CO[C@@]2(O)[C@@H]1OCC2(O)O)C1SCCSC1(C(=O)O[N+](=O)[O-])[C@@]1(O)CO[C@@]2(O)[C@@H]1OCC2(O)O. The van der Waals surface area contributed by atoms with Gasteiger partial charge in [-0.15, -0.1) is 67.3 Å². The first-order valence-electron chi connectivity index (χ1n) is 14.8. The fraction of sp³-hybridized carbons (Fsp3) is 0.833. The Balaban J connectivity index is 1.40. The van der Waals surface area contributed by atoms with E-state index in [4.69, 9.17) is 23.7 Å². The summed E-state index contributed by atoms with van der Waals surface area (Å²) in [5.41, 5.74) is -6.19. The Morgan fingerprint density at radius 3 is 1.30 bits per heavy atom. The summed E-state index contributed by atoms with van der Waals surface area (Å²) in [6.07, 6.45) is -4.63. The average molecular weight is 841 g/mol. The quantitative estimate of drug-likeness (QED) is 0.0370. The molecular formula is C24H28N2O23S4. The monoisotopic (exact) mass is 840 g/mol. The molecule has 296 valence electrons. The lowest BCUT2D eigenvalue weighted by molar-refractivity contribution is -0.730. The van der Waals surface area contributed by atoms with Gasteiger partial charge in [-0.1, -0.05) is 0 Å². The molecule has 0 aromatic carbocycles. The van der Waals surface area contributed by atoms with Gasteiger partial charge >= 0.3 is 34.1 Å². The predicted molar refractivity (Wildman–Crippen MR) is 166 cm³/mol. The molecule has 6 aliphatic heterocycles. The molecule has 6 saturated heterocycles. The maximum atomic E-state index is 14.1. The Labute approximate surface area is 310 Å². The van der Waals surface area contributed by atoms with Crippen molar-refractivity contribution in [2.75, 3.05) is 49.4 Å². The third-order valence-electron chi connectivity index (χ3n) is 9.62. The second-order valence-corrected chi connectivity index (χ2v) is 17.6. The van der Waals surface area contributed by atoms with Gasteiger partial charge in [0, 0.05) is 23.0 Å². The molecule has 0 amide bonds. The van der Waals surface area contributed by atoms with E-state index in [1.165, 1.54) is 0 Å². The van der Waals surface area contributed by atoms with Crippen LogP contribution < -0.4 is 0 Å². The Kier molecular flexibility index (Phi) is 10.1. The zero-order valence-corrected chi connectivity index (χ0v) is 29.5. The third-order valence-corrected chi connectivity index (χ3v) is 16.3. The van der Waals surface area contributed by atoms with Crippen LogP contribution in [0, 0.1) is 20.2 Å². The van der Waals surface area contributed by atoms with Gasteiger partial charge in [-0.05, 0) is 0 Å². The number of hydrogen-bond acceptors (Lipinski definition) is 27. The Bertz CT molecular complexity index is 1510. The van der Waals surface area contributed by atoms with Gasteiger partial charge in [0.2, 0.25) is 11.6 Å². The Hall–Kier alpha value is -2.20. The van der Waals surface area contributed by atoms with Crippen molar-refractivity contribution in [1.82, 2.24) is 0 Å². The van der Waals surface area contributed by atoms with Crippen molar-refractivity contribution in [3.8, 4) is 0 Å². The number of aliphatic hydroxyl groups is 8. The largest absolute Gasteiger partial charge is 0.391 e. The number of ether oxygens (including phenoxy) is 5. The summed E-state index contributed by atoms with van der Waals surface area (Å²) in [7, 11) is 0. The molecule has 25 nitrogen and oxygen atoms in total. The van der Waals surface area contributed by atoms with Crippen LogP contribution in [0.25, 0.3) is 0 Å². The highest BCUT2D eigenvalue weighted by Crippen LogP contribution is 2.60. The molecule has 4 unspecified atom stereocenters. The Morgan fingerprint density at radius 2 is 0.962 bits per heavy atom. The number of esters is 2. The van der Waals surface area contributed by atoms with E-state index in [0.717, 1.165) is 0 Å². The van der Waals surface area contributed by atoms with Crippen molar-refractivity contribution < 1.29 is 104 Å². The zero-order chi connectivity index (χ0) is 39.2. The molecule has 0 bridgehead atoms. The summed E-state index contributed by atoms with van der Waals surface area (Å²) in [6, 6.07) is 0. The molecule has 6 heterocycles. The first kappa shape index (κ1) is 40.5. The smallest absolute Gasteiger partial charge is 0.328 e. The maximum absolute atomic E-state index is 14.1. The van der Waals surface area contributed by atoms with E-state index in [1.807, 2.05) is 0 Å². The van der Waals surface area contributed by atoms with Crippen molar-refractivity contribution >= 4 is 70.9 Å².